The van der Waals surface area contributed by atoms with Gasteiger partial charge in [0.1, 0.15) is 5.78 Å². The number of carboxylic acid groups (broad SMARTS) is 1. The Bertz CT molecular complexity index is 295. The molecule has 0 radical (unpaired) electrons. The third-order valence-electron chi connectivity index (χ3n) is 3.01. The molecule has 16 heavy (non-hydrogen) atoms. The van der Waals surface area contributed by atoms with Crippen LogP contribution in [-0.2, 0) is 9.59 Å². The Hall–Kier alpha value is -1.16. The quantitative estimate of drug-likeness (QED) is 0.694. The van der Waals surface area contributed by atoms with Crippen molar-refractivity contribution in [2.45, 2.75) is 38.7 Å². The van der Waals surface area contributed by atoms with Gasteiger partial charge in [0, 0.05) is 12.8 Å². The highest BCUT2D eigenvalue weighted by Gasteiger charge is 2.39. The van der Waals surface area contributed by atoms with E-state index in [1.165, 1.54) is 0 Å². The molecule has 0 bridgehead atoms. The summed E-state index contributed by atoms with van der Waals surface area (Å²) in [6.07, 6.45) is 4.29. The zero-order chi connectivity index (χ0) is 12.1. The molecule has 1 rings (SSSR count). The lowest BCUT2D eigenvalue weighted by Gasteiger charge is -2.19. The predicted octanol–water partition coefficient (Wildman–Crippen LogP) is 1.38. The number of hydrogen-bond donors (Lipinski definition) is 2. The van der Waals surface area contributed by atoms with E-state index in [1.807, 2.05) is 6.92 Å². The molecule has 3 atom stereocenters. The second-order valence-electron chi connectivity index (χ2n) is 4.22. The number of Topliss-reactive ketones (excluding diaryl/α,β-unsaturated/α-hetero) is 1. The number of allylic oxidation sites excluding steroid dienone is 1. The normalized spacial score (nSPS) is 27.5. The van der Waals surface area contributed by atoms with Crippen LogP contribution in [0.25, 0.3) is 0 Å². The molecule has 4 heteroatoms. The van der Waals surface area contributed by atoms with Gasteiger partial charge >= 0.3 is 5.97 Å². The molecule has 1 aliphatic carbocycles. The van der Waals surface area contributed by atoms with Gasteiger partial charge in [0.05, 0.1) is 12.0 Å². The number of carbonyl (C=O) groups is 2. The molecule has 1 aliphatic rings. The van der Waals surface area contributed by atoms with Gasteiger partial charge in [0.15, 0.2) is 0 Å². The van der Waals surface area contributed by atoms with E-state index in [4.69, 9.17) is 5.11 Å². The molecule has 1 fully saturated rings. The molecule has 0 aromatic heterocycles. The molecule has 0 aromatic rings. The van der Waals surface area contributed by atoms with Crippen molar-refractivity contribution in [1.29, 1.82) is 0 Å². The summed E-state index contributed by atoms with van der Waals surface area (Å²) in [5, 5.41) is 18.6. The molecule has 0 aliphatic heterocycles. The average Bonchev–Trinajstić information content (AvgIpc) is 2.55. The van der Waals surface area contributed by atoms with E-state index in [9.17, 15) is 14.7 Å². The van der Waals surface area contributed by atoms with Crippen LogP contribution in [0, 0.1) is 11.8 Å². The summed E-state index contributed by atoms with van der Waals surface area (Å²) in [6, 6.07) is 0. The van der Waals surface area contributed by atoms with Gasteiger partial charge in [-0.3, -0.25) is 9.59 Å². The summed E-state index contributed by atoms with van der Waals surface area (Å²) in [7, 11) is 0. The van der Waals surface area contributed by atoms with E-state index in [0.717, 1.165) is 6.42 Å². The lowest BCUT2D eigenvalue weighted by Crippen LogP contribution is -2.29. The highest BCUT2D eigenvalue weighted by atomic mass is 16.4. The number of carboxylic acids is 1. The minimum Gasteiger partial charge on any atom is -0.481 e. The van der Waals surface area contributed by atoms with Crippen LogP contribution in [0.3, 0.4) is 0 Å². The Kier molecular flexibility index (Phi) is 4.68. The van der Waals surface area contributed by atoms with Gasteiger partial charge in [-0.15, -0.1) is 0 Å². The molecule has 0 spiro atoms. The van der Waals surface area contributed by atoms with Crippen molar-refractivity contribution in [3.8, 4) is 0 Å². The Balaban J connectivity index is 2.69. The van der Waals surface area contributed by atoms with Gasteiger partial charge in [-0.25, -0.2) is 0 Å². The molecule has 0 heterocycles. The van der Waals surface area contributed by atoms with Crippen LogP contribution in [0.5, 0.6) is 0 Å². The van der Waals surface area contributed by atoms with E-state index in [1.54, 1.807) is 12.2 Å². The molecule has 0 saturated heterocycles. The third-order valence-corrected chi connectivity index (χ3v) is 3.01. The summed E-state index contributed by atoms with van der Waals surface area (Å²) in [5.41, 5.74) is 0. The van der Waals surface area contributed by atoms with Crippen molar-refractivity contribution < 1.29 is 19.8 Å². The van der Waals surface area contributed by atoms with Crippen LogP contribution in [0.4, 0.5) is 0 Å². The van der Waals surface area contributed by atoms with Gasteiger partial charge in [0.2, 0.25) is 0 Å². The van der Waals surface area contributed by atoms with Crippen LogP contribution in [-0.4, -0.2) is 28.1 Å². The second kappa shape index (κ2) is 5.80. The Morgan fingerprint density at radius 2 is 2.31 bits per heavy atom. The average molecular weight is 226 g/mol. The van der Waals surface area contributed by atoms with Gasteiger partial charge in [-0.05, 0) is 18.8 Å². The molecule has 0 aromatic carbocycles. The summed E-state index contributed by atoms with van der Waals surface area (Å²) in [4.78, 5) is 22.2. The molecule has 0 amide bonds. The minimum atomic E-state index is -0.906. The van der Waals surface area contributed by atoms with Crippen molar-refractivity contribution in [1.82, 2.24) is 0 Å². The zero-order valence-electron chi connectivity index (χ0n) is 9.43. The summed E-state index contributed by atoms with van der Waals surface area (Å²) in [5.74, 6) is -1.67. The number of aliphatic hydroxyl groups excluding tert-OH is 1. The lowest BCUT2D eigenvalue weighted by atomic mass is 9.87. The van der Waals surface area contributed by atoms with E-state index in [-0.39, 0.29) is 18.1 Å². The smallest absolute Gasteiger partial charge is 0.303 e. The highest BCUT2D eigenvalue weighted by Crippen LogP contribution is 2.34. The van der Waals surface area contributed by atoms with Crippen molar-refractivity contribution in [2.24, 2.45) is 11.8 Å². The number of rotatable bonds is 5. The fourth-order valence-electron chi connectivity index (χ4n) is 2.25. The number of hydrogen-bond acceptors (Lipinski definition) is 3. The van der Waals surface area contributed by atoms with E-state index < -0.39 is 18.0 Å². The molecule has 1 saturated carbocycles. The fourth-order valence-corrected chi connectivity index (χ4v) is 2.25. The Labute approximate surface area is 95.0 Å². The largest absolute Gasteiger partial charge is 0.481 e. The highest BCUT2D eigenvalue weighted by molar-refractivity contribution is 5.85. The molecule has 4 nitrogen and oxygen atoms in total. The Morgan fingerprint density at radius 1 is 1.62 bits per heavy atom. The summed E-state index contributed by atoms with van der Waals surface area (Å²) in [6.45, 7) is 1.94. The van der Waals surface area contributed by atoms with Gasteiger partial charge in [0.25, 0.3) is 0 Å². The zero-order valence-corrected chi connectivity index (χ0v) is 9.43. The first-order valence-corrected chi connectivity index (χ1v) is 5.65. The van der Waals surface area contributed by atoms with Crippen LogP contribution < -0.4 is 0 Å². The number of ketones is 1. The first-order chi connectivity index (χ1) is 7.56. The van der Waals surface area contributed by atoms with Crippen LogP contribution in [0.15, 0.2) is 12.2 Å². The molecule has 2 N–H and O–H groups in total. The van der Waals surface area contributed by atoms with Gasteiger partial charge in [-0.1, -0.05) is 19.1 Å². The molecular formula is C12H18O4. The summed E-state index contributed by atoms with van der Waals surface area (Å²) < 4.78 is 0. The minimum absolute atomic E-state index is 0.0143. The maximum absolute atomic E-state index is 11.6. The second-order valence-corrected chi connectivity index (χ2v) is 4.22. The van der Waals surface area contributed by atoms with Gasteiger partial charge < -0.3 is 10.2 Å². The van der Waals surface area contributed by atoms with Crippen molar-refractivity contribution in [2.75, 3.05) is 0 Å². The Morgan fingerprint density at radius 3 is 2.88 bits per heavy atom. The monoisotopic (exact) mass is 226 g/mol. The van der Waals surface area contributed by atoms with E-state index in [2.05, 4.69) is 0 Å². The topological polar surface area (TPSA) is 74.6 Å². The number of aliphatic carboxylic acids is 1. The van der Waals surface area contributed by atoms with Crippen molar-refractivity contribution in [3.63, 3.8) is 0 Å². The lowest BCUT2D eigenvalue weighted by molar-refractivity contribution is -0.138. The molecule has 90 valence electrons. The third kappa shape index (κ3) is 3.17. The maximum Gasteiger partial charge on any atom is 0.303 e. The van der Waals surface area contributed by atoms with Crippen molar-refractivity contribution >= 4 is 11.8 Å². The van der Waals surface area contributed by atoms with E-state index >= 15 is 0 Å². The predicted molar refractivity (Wildman–Crippen MR) is 58.9 cm³/mol. The SMILES string of the molecule is CC/C=C\C(O)[C@H]1C(=O)CC[C@@H]1CC(=O)O. The maximum atomic E-state index is 11.6. The first kappa shape index (κ1) is 12.9. The standard InChI is InChI=1S/C12H18O4/c1-2-3-4-9(13)12-8(7-11(15)16)5-6-10(12)14/h3-4,8-9,12-13H,2,5-7H2,1H3,(H,15,16)/b4-3-/t8-,9?,12+/m1/s1. The first-order valence-electron chi connectivity index (χ1n) is 5.65. The van der Waals surface area contributed by atoms with Crippen molar-refractivity contribution in [3.05, 3.63) is 12.2 Å². The van der Waals surface area contributed by atoms with Crippen LogP contribution in [0.2, 0.25) is 0 Å². The van der Waals surface area contributed by atoms with Crippen LogP contribution >= 0.6 is 0 Å². The van der Waals surface area contributed by atoms with E-state index in [0.29, 0.717) is 12.8 Å². The van der Waals surface area contributed by atoms with Crippen LogP contribution in [0.1, 0.15) is 32.6 Å². The van der Waals surface area contributed by atoms with Gasteiger partial charge in [-0.2, -0.15) is 0 Å². The summed E-state index contributed by atoms with van der Waals surface area (Å²) >= 11 is 0. The number of carbonyl (C=O) groups excluding carboxylic acids is 1. The molecule has 1 unspecified atom stereocenters. The fraction of sp³-hybridized carbons (Fsp3) is 0.667. The number of aliphatic hydroxyl groups is 1. The molecular weight excluding hydrogens is 208 g/mol.